The van der Waals surface area contributed by atoms with Crippen LogP contribution in [0.25, 0.3) is 22.3 Å². The predicted octanol–water partition coefficient (Wildman–Crippen LogP) is 5.31. The van der Waals surface area contributed by atoms with Crippen LogP contribution in [0.15, 0.2) is 69.9 Å². The number of methoxy groups -OCH3 is 1. The number of nitrogens with one attached hydrogen (secondary N) is 1. The Kier molecular flexibility index (Phi) is 6.68. The number of aryl methyl sites for hydroxylation is 2. The maximum atomic E-state index is 13.4. The maximum Gasteiger partial charge on any atom is 0.235 e. The zero-order chi connectivity index (χ0) is 25.1. The van der Waals surface area contributed by atoms with Crippen LogP contribution in [0.4, 0.5) is 5.69 Å². The lowest BCUT2D eigenvalue weighted by atomic mass is 10.0. The van der Waals surface area contributed by atoms with Gasteiger partial charge in [-0.1, -0.05) is 0 Å². The highest BCUT2D eigenvalue weighted by Gasteiger charge is 2.20. The third-order valence-corrected chi connectivity index (χ3v) is 5.69. The number of amides is 1. The van der Waals surface area contributed by atoms with E-state index in [0.717, 1.165) is 11.1 Å². The summed E-state index contributed by atoms with van der Waals surface area (Å²) in [5.74, 6) is 0.339. The molecule has 0 atom stereocenters. The first-order valence-corrected chi connectivity index (χ1v) is 11.0. The van der Waals surface area contributed by atoms with E-state index < -0.39 is 0 Å². The van der Waals surface area contributed by atoms with E-state index in [1.165, 1.54) is 6.92 Å². The number of rotatable bonds is 7. The highest BCUT2D eigenvalue weighted by atomic mass is 16.5. The van der Waals surface area contributed by atoms with Gasteiger partial charge in [0.25, 0.3) is 0 Å². The summed E-state index contributed by atoms with van der Waals surface area (Å²) < 4.78 is 17.2. The standard InChI is InChI=1S/C28H25NO6/c1-16-13-23-25(14-17(16)2)35-27(20-7-11-22(33-4)12-8-20)28(26(23)32)34-15-24(31)19-5-9-21(10-6-19)29-18(3)30/h5-14H,15H2,1-4H3,(H,29,30). The molecule has 0 saturated heterocycles. The second kappa shape index (κ2) is 9.85. The molecule has 1 N–H and O–H groups in total. The van der Waals surface area contributed by atoms with E-state index in [9.17, 15) is 14.4 Å². The van der Waals surface area contributed by atoms with Crippen molar-refractivity contribution in [2.75, 3.05) is 19.0 Å². The van der Waals surface area contributed by atoms with Crippen LogP contribution in [-0.2, 0) is 4.79 Å². The third-order valence-electron chi connectivity index (χ3n) is 5.69. The molecule has 4 rings (SSSR count). The summed E-state index contributed by atoms with van der Waals surface area (Å²) in [5, 5.41) is 3.03. The van der Waals surface area contributed by atoms with Gasteiger partial charge in [0.15, 0.2) is 18.2 Å². The lowest BCUT2D eigenvalue weighted by Crippen LogP contribution is -2.17. The van der Waals surface area contributed by atoms with E-state index in [0.29, 0.717) is 33.5 Å². The predicted molar refractivity (Wildman–Crippen MR) is 135 cm³/mol. The van der Waals surface area contributed by atoms with Crippen molar-refractivity contribution in [3.05, 3.63) is 87.6 Å². The van der Waals surface area contributed by atoms with Gasteiger partial charge >= 0.3 is 0 Å². The summed E-state index contributed by atoms with van der Waals surface area (Å²) in [6.07, 6.45) is 0. The number of Topliss-reactive ketones (excluding diaryl/α,β-unsaturated/α-hetero) is 1. The summed E-state index contributed by atoms with van der Waals surface area (Å²) in [5.41, 5.74) is 3.62. The number of hydrogen-bond donors (Lipinski definition) is 1. The smallest absolute Gasteiger partial charge is 0.235 e. The zero-order valence-electron chi connectivity index (χ0n) is 19.9. The average Bonchev–Trinajstić information content (AvgIpc) is 2.84. The number of benzene rings is 3. The van der Waals surface area contributed by atoms with Gasteiger partial charge in [0.05, 0.1) is 12.5 Å². The molecule has 0 aliphatic carbocycles. The van der Waals surface area contributed by atoms with Crippen LogP contribution in [0.3, 0.4) is 0 Å². The number of carbonyl (C=O) groups excluding carboxylic acids is 2. The number of ether oxygens (including phenoxy) is 2. The minimum Gasteiger partial charge on any atom is -0.497 e. The molecule has 4 aromatic rings. The van der Waals surface area contributed by atoms with Gasteiger partial charge in [0, 0.05) is 23.7 Å². The van der Waals surface area contributed by atoms with Crippen LogP contribution in [0.2, 0.25) is 0 Å². The van der Waals surface area contributed by atoms with Crippen LogP contribution in [0.5, 0.6) is 11.5 Å². The molecule has 0 spiro atoms. The molecule has 7 nitrogen and oxygen atoms in total. The molecule has 7 heteroatoms. The number of carbonyl (C=O) groups is 2. The van der Waals surface area contributed by atoms with Gasteiger partial charge in [0.1, 0.15) is 11.3 Å². The monoisotopic (exact) mass is 471 g/mol. The van der Waals surface area contributed by atoms with E-state index in [-0.39, 0.29) is 35.2 Å². The molecule has 1 amide bonds. The molecular formula is C28H25NO6. The van der Waals surface area contributed by atoms with Crippen molar-refractivity contribution in [1.29, 1.82) is 0 Å². The molecule has 0 aliphatic heterocycles. The second-order valence-corrected chi connectivity index (χ2v) is 8.22. The summed E-state index contributed by atoms with van der Waals surface area (Å²) >= 11 is 0. The minimum absolute atomic E-state index is 0.0332. The van der Waals surface area contributed by atoms with E-state index >= 15 is 0 Å². The Bertz CT molecular complexity index is 1470. The summed E-state index contributed by atoms with van der Waals surface area (Å²) in [4.78, 5) is 37.4. The van der Waals surface area contributed by atoms with Gasteiger partial charge in [0.2, 0.25) is 17.1 Å². The van der Waals surface area contributed by atoms with Crippen LogP contribution in [0, 0.1) is 13.8 Å². The SMILES string of the molecule is COc1ccc(-c2oc3cc(C)c(C)cc3c(=O)c2OCC(=O)c2ccc(NC(C)=O)cc2)cc1. The van der Waals surface area contributed by atoms with Crippen LogP contribution in [0.1, 0.15) is 28.4 Å². The quantitative estimate of drug-likeness (QED) is 0.367. The Hall–Kier alpha value is -4.39. The Morgan fingerprint density at radius 3 is 2.23 bits per heavy atom. The van der Waals surface area contributed by atoms with Crippen molar-refractivity contribution in [3.63, 3.8) is 0 Å². The van der Waals surface area contributed by atoms with E-state index in [1.54, 1.807) is 61.7 Å². The third kappa shape index (κ3) is 5.09. The Morgan fingerprint density at radius 1 is 0.943 bits per heavy atom. The molecule has 0 unspecified atom stereocenters. The highest BCUT2D eigenvalue weighted by molar-refractivity contribution is 5.98. The molecule has 0 fully saturated rings. The van der Waals surface area contributed by atoms with Crippen LogP contribution < -0.4 is 20.2 Å². The molecule has 0 aliphatic rings. The van der Waals surface area contributed by atoms with Crippen molar-refractivity contribution < 1.29 is 23.5 Å². The van der Waals surface area contributed by atoms with Crippen LogP contribution >= 0.6 is 0 Å². The molecule has 0 radical (unpaired) electrons. The number of hydrogen-bond acceptors (Lipinski definition) is 6. The van der Waals surface area contributed by atoms with Crippen molar-refractivity contribution in [2.45, 2.75) is 20.8 Å². The normalized spacial score (nSPS) is 10.7. The molecule has 1 aromatic heterocycles. The maximum absolute atomic E-state index is 13.4. The van der Waals surface area contributed by atoms with E-state index in [2.05, 4.69) is 5.32 Å². The molecule has 178 valence electrons. The van der Waals surface area contributed by atoms with E-state index in [4.69, 9.17) is 13.9 Å². The first kappa shape index (κ1) is 23.8. The minimum atomic E-state index is -0.357. The molecule has 35 heavy (non-hydrogen) atoms. The average molecular weight is 472 g/mol. The Morgan fingerprint density at radius 2 is 1.60 bits per heavy atom. The van der Waals surface area contributed by atoms with Crippen molar-refractivity contribution in [2.24, 2.45) is 0 Å². The fraction of sp³-hybridized carbons (Fsp3) is 0.179. The zero-order valence-corrected chi connectivity index (χ0v) is 19.9. The first-order valence-electron chi connectivity index (χ1n) is 11.0. The summed E-state index contributed by atoms with van der Waals surface area (Å²) in [7, 11) is 1.57. The molecule has 0 bridgehead atoms. The van der Waals surface area contributed by atoms with Crippen molar-refractivity contribution in [3.8, 4) is 22.8 Å². The van der Waals surface area contributed by atoms with Gasteiger partial charge in [-0.05, 0) is 85.6 Å². The lowest BCUT2D eigenvalue weighted by molar-refractivity contribution is -0.114. The molecule has 0 saturated carbocycles. The number of ketones is 1. The number of anilines is 1. The molecule has 1 heterocycles. The number of fused-ring (bicyclic) bond motifs is 1. The summed E-state index contributed by atoms with van der Waals surface area (Å²) in [6, 6.07) is 17.1. The summed E-state index contributed by atoms with van der Waals surface area (Å²) in [6.45, 7) is 4.91. The Labute approximate surface area is 202 Å². The van der Waals surface area contributed by atoms with Crippen molar-refractivity contribution >= 4 is 28.3 Å². The van der Waals surface area contributed by atoms with Crippen molar-refractivity contribution in [1.82, 2.24) is 0 Å². The van der Waals surface area contributed by atoms with Gasteiger partial charge in [-0.2, -0.15) is 0 Å². The topological polar surface area (TPSA) is 94.8 Å². The first-order chi connectivity index (χ1) is 16.8. The second-order valence-electron chi connectivity index (χ2n) is 8.22. The Balaban J connectivity index is 1.71. The lowest BCUT2D eigenvalue weighted by Gasteiger charge is -2.13. The fourth-order valence-corrected chi connectivity index (χ4v) is 3.66. The van der Waals surface area contributed by atoms with Gasteiger partial charge in [-0.15, -0.1) is 0 Å². The highest BCUT2D eigenvalue weighted by Crippen LogP contribution is 2.33. The van der Waals surface area contributed by atoms with Crippen LogP contribution in [-0.4, -0.2) is 25.4 Å². The van der Waals surface area contributed by atoms with E-state index in [1.807, 2.05) is 19.9 Å². The largest absolute Gasteiger partial charge is 0.497 e. The van der Waals surface area contributed by atoms with Gasteiger partial charge < -0.3 is 19.2 Å². The van der Waals surface area contributed by atoms with Gasteiger partial charge in [-0.25, -0.2) is 0 Å². The fourth-order valence-electron chi connectivity index (χ4n) is 3.66. The molecule has 3 aromatic carbocycles. The van der Waals surface area contributed by atoms with Gasteiger partial charge in [-0.3, -0.25) is 14.4 Å². The molecular weight excluding hydrogens is 446 g/mol.